The van der Waals surface area contributed by atoms with Gasteiger partial charge in [-0.3, -0.25) is 0 Å². The number of nitrogens with one attached hydrogen (secondary N) is 1. The van der Waals surface area contributed by atoms with Crippen molar-refractivity contribution in [3.63, 3.8) is 0 Å². The molecule has 0 fully saturated rings. The van der Waals surface area contributed by atoms with Gasteiger partial charge in [0.05, 0.1) is 12.7 Å². The minimum absolute atomic E-state index is 0.0986. The Morgan fingerprint density at radius 2 is 2.06 bits per heavy atom. The first kappa shape index (κ1) is 15.5. The van der Waals surface area contributed by atoms with Crippen LogP contribution in [0.2, 0.25) is 0 Å². The van der Waals surface area contributed by atoms with E-state index in [1.54, 1.807) is 0 Å². The molecule has 0 amide bonds. The molecule has 0 spiro atoms. The second-order valence-corrected chi connectivity index (χ2v) is 6.23. The Morgan fingerprint density at radius 1 is 1.39 bits per heavy atom. The zero-order valence-corrected chi connectivity index (χ0v) is 13.0. The van der Waals surface area contributed by atoms with E-state index in [0.29, 0.717) is 6.54 Å². The van der Waals surface area contributed by atoms with Crippen LogP contribution in [0.1, 0.15) is 33.3 Å². The number of hydrogen-bond donors (Lipinski definition) is 2. The minimum Gasteiger partial charge on any atom is -0.491 e. The Bertz CT molecular complexity index is 391. The van der Waals surface area contributed by atoms with E-state index in [2.05, 4.69) is 21.2 Å². The van der Waals surface area contributed by atoms with Crippen LogP contribution in [0.25, 0.3) is 0 Å². The molecule has 18 heavy (non-hydrogen) atoms. The fourth-order valence-corrected chi connectivity index (χ4v) is 1.85. The first-order valence-electron chi connectivity index (χ1n) is 6.15. The summed E-state index contributed by atoms with van der Waals surface area (Å²) in [6, 6.07) is 5.98. The van der Waals surface area contributed by atoms with Crippen LogP contribution in [0.15, 0.2) is 22.7 Å². The van der Waals surface area contributed by atoms with E-state index in [4.69, 9.17) is 4.74 Å². The lowest BCUT2D eigenvalue weighted by molar-refractivity contribution is 0.186. The zero-order chi connectivity index (χ0) is 13.8. The normalized spacial score (nSPS) is 11.9. The van der Waals surface area contributed by atoms with Crippen LogP contribution in [0.4, 0.5) is 0 Å². The van der Waals surface area contributed by atoms with Crippen LogP contribution < -0.4 is 10.1 Å². The van der Waals surface area contributed by atoms with E-state index < -0.39 is 0 Å². The van der Waals surface area contributed by atoms with Gasteiger partial charge in [0.2, 0.25) is 0 Å². The molecule has 0 saturated heterocycles. The van der Waals surface area contributed by atoms with Crippen molar-refractivity contribution < 1.29 is 9.84 Å². The maximum atomic E-state index is 9.24. The zero-order valence-electron chi connectivity index (χ0n) is 11.5. The number of rotatable bonds is 6. The van der Waals surface area contributed by atoms with Gasteiger partial charge in [-0.1, -0.05) is 15.9 Å². The van der Waals surface area contributed by atoms with E-state index in [9.17, 15) is 5.11 Å². The molecular formula is C14H22BrNO2. The first-order chi connectivity index (χ1) is 8.34. The fraction of sp³-hybridized carbons (Fsp3) is 0.571. The molecule has 0 aromatic heterocycles. The Morgan fingerprint density at radius 3 is 2.61 bits per heavy atom. The summed E-state index contributed by atoms with van der Waals surface area (Å²) in [5, 5.41) is 12.6. The van der Waals surface area contributed by atoms with Crippen LogP contribution >= 0.6 is 15.9 Å². The topological polar surface area (TPSA) is 41.5 Å². The van der Waals surface area contributed by atoms with E-state index in [-0.39, 0.29) is 18.2 Å². The van der Waals surface area contributed by atoms with Crippen LogP contribution in [-0.4, -0.2) is 23.4 Å². The molecule has 0 aliphatic carbocycles. The summed E-state index contributed by atoms with van der Waals surface area (Å²) in [4.78, 5) is 0. The number of aliphatic hydroxyl groups excluding tert-OH is 1. The maximum Gasteiger partial charge on any atom is 0.124 e. The van der Waals surface area contributed by atoms with Crippen LogP contribution in [0.5, 0.6) is 5.75 Å². The van der Waals surface area contributed by atoms with Gasteiger partial charge in [-0.2, -0.15) is 0 Å². The van der Waals surface area contributed by atoms with E-state index >= 15 is 0 Å². The second kappa shape index (κ2) is 6.55. The van der Waals surface area contributed by atoms with Crippen LogP contribution in [-0.2, 0) is 6.54 Å². The predicted molar refractivity (Wildman–Crippen MR) is 77.9 cm³/mol. The molecule has 0 radical (unpaired) electrons. The SMILES string of the molecule is CC(C)Oc1ccc(Br)cc1CNC(C)(C)CO. The van der Waals surface area contributed by atoms with Gasteiger partial charge in [-0.15, -0.1) is 0 Å². The maximum absolute atomic E-state index is 9.24. The van der Waals surface area contributed by atoms with E-state index in [1.165, 1.54) is 0 Å². The van der Waals surface area contributed by atoms with Crippen molar-refractivity contribution in [2.45, 2.75) is 45.9 Å². The highest BCUT2D eigenvalue weighted by molar-refractivity contribution is 9.10. The standard InChI is InChI=1S/C14H22BrNO2/c1-10(2)18-13-6-5-12(15)7-11(13)8-16-14(3,4)9-17/h5-7,10,16-17H,8-9H2,1-4H3. The highest BCUT2D eigenvalue weighted by atomic mass is 79.9. The molecule has 0 atom stereocenters. The highest BCUT2D eigenvalue weighted by Gasteiger charge is 2.16. The molecule has 4 heteroatoms. The molecule has 1 aromatic carbocycles. The highest BCUT2D eigenvalue weighted by Crippen LogP contribution is 2.24. The Kier molecular flexibility index (Phi) is 5.63. The average Bonchev–Trinajstić information content (AvgIpc) is 2.29. The molecule has 0 unspecified atom stereocenters. The van der Waals surface area contributed by atoms with Crippen molar-refractivity contribution in [3.8, 4) is 5.75 Å². The summed E-state index contributed by atoms with van der Waals surface area (Å²) >= 11 is 3.47. The number of ether oxygens (including phenoxy) is 1. The lowest BCUT2D eigenvalue weighted by atomic mass is 10.1. The fourth-order valence-electron chi connectivity index (χ4n) is 1.45. The second-order valence-electron chi connectivity index (χ2n) is 5.31. The van der Waals surface area contributed by atoms with Gasteiger partial charge in [-0.25, -0.2) is 0 Å². The van der Waals surface area contributed by atoms with Crippen molar-refractivity contribution in [1.29, 1.82) is 0 Å². The molecule has 2 N–H and O–H groups in total. The Labute approximate surface area is 118 Å². The lowest BCUT2D eigenvalue weighted by Gasteiger charge is -2.24. The van der Waals surface area contributed by atoms with Gasteiger partial charge in [0, 0.05) is 22.1 Å². The smallest absolute Gasteiger partial charge is 0.124 e. The molecule has 0 bridgehead atoms. The van der Waals surface area contributed by atoms with Gasteiger partial charge >= 0.3 is 0 Å². The minimum atomic E-state index is -0.294. The first-order valence-corrected chi connectivity index (χ1v) is 6.94. The molecule has 3 nitrogen and oxygen atoms in total. The van der Waals surface area contributed by atoms with Crippen molar-refractivity contribution in [3.05, 3.63) is 28.2 Å². The summed E-state index contributed by atoms with van der Waals surface area (Å²) in [5.41, 5.74) is 0.789. The Hall–Kier alpha value is -0.580. The summed E-state index contributed by atoms with van der Waals surface area (Å²) in [6.07, 6.45) is 0.149. The summed E-state index contributed by atoms with van der Waals surface area (Å²) in [5.74, 6) is 0.884. The van der Waals surface area contributed by atoms with Crippen molar-refractivity contribution >= 4 is 15.9 Å². The molecule has 102 valence electrons. The quantitative estimate of drug-likeness (QED) is 0.847. The Balaban J connectivity index is 2.82. The molecule has 0 aliphatic heterocycles. The van der Waals surface area contributed by atoms with Gasteiger partial charge in [0.1, 0.15) is 5.75 Å². The monoisotopic (exact) mass is 315 g/mol. The lowest BCUT2D eigenvalue weighted by Crippen LogP contribution is -2.42. The third kappa shape index (κ3) is 4.96. The summed E-state index contributed by atoms with van der Waals surface area (Å²) < 4.78 is 6.80. The van der Waals surface area contributed by atoms with Crippen molar-refractivity contribution in [1.82, 2.24) is 5.32 Å². The average molecular weight is 316 g/mol. The molecule has 1 rings (SSSR count). The third-order valence-corrected chi connectivity index (χ3v) is 3.03. The van der Waals surface area contributed by atoms with Crippen LogP contribution in [0, 0.1) is 0 Å². The van der Waals surface area contributed by atoms with Gasteiger partial charge in [0.15, 0.2) is 0 Å². The number of halogens is 1. The molecular weight excluding hydrogens is 294 g/mol. The van der Waals surface area contributed by atoms with Crippen molar-refractivity contribution in [2.75, 3.05) is 6.61 Å². The third-order valence-electron chi connectivity index (χ3n) is 2.54. The summed E-state index contributed by atoms with van der Waals surface area (Å²) in [6.45, 7) is 8.71. The van der Waals surface area contributed by atoms with E-state index in [0.717, 1.165) is 15.8 Å². The van der Waals surface area contributed by atoms with E-state index in [1.807, 2.05) is 45.9 Å². The summed E-state index contributed by atoms with van der Waals surface area (Å²) in [7, 11) is 0. The van der Waals surface area contributed by atoms with Gasteiger partial charge in [0.25, 0.3) is 0 Å². The number of hydrogen-bond acceptors (Lipinski definition) is 3. The largest absolute Gasteiger partial charge is 0.491 e. The van der Waals surface area contributed by atoms with Gasteiger partial charge < -0.3 is 15.2 Å². The van der Waals surface area contributed by atoms with Crippen molar-refractivity contribution in [2.24, 2.45) is 0 Å². The molecule has 1 aromatic rings. The number of aliphatic hydroxyl groups is 1. The number of benzene rings is 1. The molecule has 0 heterocycles. The predicted octanol–water partition coefficient (Wildman–Crippen LogP) is 3.10. The molecule has 0 aliphatic rings. The van der Waals surface area contributed by atoms with Crippen LogP contribution in [0.3, 0.4) is 0 Å². The van der Waals surface area contributed by atoms with Gasteiger partial charge in [-0.05, 0) is 45.9 Å². The molecule has 0 saturated carbocycles.